The van der Waals surface area contributed by atoms with Crippen LogP contribution in [0.15, 0.2) is 10.4 Å². The first-order valence-corrected chi connectivity index (χ1v) is 9.00. The van der Waals surface area contributed by atoms with E-state index in [1.807, 2.05) is 0 Å². The van der Waals surface area contributed by atoms with Crippen molar-refractivity contribution >= 4 is 38.9 Å². The highest BCUT2D eigenvalue weighted by Crippen LogP contribution is 2.23. The zero-order valence-corrected chi connectivity index (χ0v) is 13.8. The van der Waals surface area contributed by atoms with Gasteiger partial charge in [0.2, 0.25) is 5.91 Å². The molecule has 2 heterocycles. The van der Waals surface area contributed by atoms with Crippen LogP contribution in [0.2, 0.25) is 4.47 Å². The molecule has 0 aliphatic carbocycles. The standard InChI is InChI=1S/C11H16ClN3O4S2/c1-19-7-9(16)15-4-2-8(3-5-15)14-21(17,18)10-6-13-11(12)20-10/h6,8,14H,2-5,7H2,1H3. The number of thiazole rings is 1. The number of carbonyl (C=O) groups is 1. The highest BCUT2D eigenvalue weighted by atomic mass is 35.5. The molecule has 1 aromatic rings. The topological polar surface area (TPSA) is 88.6 Å². The number of amides is 1. The molecule has 1 aliphatic rings. The normalized spacial score (nSPS) is 17.1. The summed E-state index contributed by atoms with van der Waals surface area (Å²) in [6.45, 7) is 1.08. The molecule has 118 valence electrons. The summed E-state index contributed by atoms with van der Waals surface area (Å²) in [5, 5.41) is 0. The number of carbonyl (C=O) groups excluding carboxylic acids is 1. The molecular formula is C11H16ClN3O4S2. The molecule has 1 amide bonds. The van der Waals surface area contributed by atoms with E-state index in [2.05, 4.69) is 9.71 Å². The first kappa shape index (κ1) is 16.6. The minimum Gasteiger partial charge on any atom is -0.375 e. The Morgan fingerprint density at radius 1 is 1.57 bits per heavy atom. The van der Waals surface area contributed by atoms with E-state index in [1.165, 1.54) is 13.3 Å². The van der Waals surface area contributed by atoms with E-state index in [4.69, 9.17) is 16.3 Å². The number of nitrogens with zero attached hydrogens (tertiary/aromatic N) is 2. The number of hydrogen-bond donors (Lipinski definition) is 1. The molecule has 0 saturated carbocycles. The Labute approximate surface area is 132 Å². The molecule has 1 saturated heterocycles. The summed E-state index contributed by atoms with van der Waals surface area (Å²) < 4.78 is 32.0. The number of hydrogen-bond acceptors (Lipinski definition) is 6. The van der Waals surface area contributed by atoms with Gasteiger partial charge in [-0.2, -0.15) is 0 Å². The molecule has 1 N–H and O–H groups in total. The Hall–Kier alpha value is -0.740. The van der Waals surface area contributed by atoms with Crippen molar-refractivity contribution in [2.45, 2.75) is 23.1 Å². The van der Waals surface area contributed by atoms with Crippen molar-refractivity contribution in [1.29, 1.82) is 0 Å². The highest BCUT2D eigenvalue weighted by Gasteiger charge is 2.27. The van der Waals surface area contributed by atoms with Crippen molar-refractivity contribution < 1.29 is 17.9 Å². The van der Waals surface area contributed by atoms with Crippen LogP contribution in [0.3, 0.4) is 0 Å². The highest BCUT2D eigenvalue weighted by molar-refractivity contribution is 7.91. The molecule has 1 fully saturated rings. The van der Waals surface area contributed by atoms with Crippen LogP contribution in [-0.4, -0.2) is 57.1 Å². The van der Waals surface area contributed by atoms with Crippen LogP contribution in [0.4, 0.5) is 0 Å². The van der Waals surface area contributed by atoms with Gasteiger partial charge in [-0.1, -0.05) is 22.9 Å². The monoisotopic (exact) mass is 353 g/mol. The zero-order valence-electron chi connectivity index (χ0n) is 11.4. The summed E-state index contributed by atoms with van der Waals surface area (Å²) in [6.07, 6.45) is 2.38. The van der Waals surface area contributed by atoms with Crippen molar-refractivity contribution in [3.8, 4) is 0 Å². The van der Waals surface area contributed by atoms with Gasteiger partial charge in [-0.25, -0.2) is 18.1 Å². The van der Waals surface area contributed by atoms with Crippen LogP contribution in [0, 0.1) is 0 Å². The molecule has 2 rings (SSSR count). The van der Waals surface area contributed by atoms with E-state index in [9.17, 15) is 13.2 Å². The fourth-order valence-corrected chi connectivity index (χ4v) is 4.72. The quantitative estimate of drug-likeness (QED) is 0.842. The molecule has 21 heavy (non-hydrogen) atoms. The lowest BCUT2D eigenvalue weighted by Gasteiger charge is -2.31. The van der Waals surface area contributed by atoms with Crippen LogP contribution in [0.1, 0.15) is 12.8 Å². The lowest BCUT2D eigenvalue weighted by molar-refractivity contribution is -0.136. The number of sulfonamides is 1. The lowest BCUT2D eigenvalue weighted by Crippen LogP contribution is -2.47. The van der Waals surface area contributed by atoms with Crippen molar-refractivity contribution in [1.82, 2.24) is 14.6 Å². The average Bonchev–Trinajstić information content (AvgIpc) is 2.87. The average molecular weight is 354 g/mol. The molecule has 10 heteroatoms. The van der Waals surface area contributed by atoms with Gasteiger partial charge in [0.15, 0.2) is 8.68 Å². The Morgan fingerprint density at radius 2 is 2.24 bits per heavy atom. The van der Waals surface area contributed by atoms with Gasteiger partial charge >= 0.3 is 0 Å². The van der Waals surface area contributed by atoms with E-state index in [-0.39, 0.29) is 27.2 Å². The lowest BCUT2D eigenvalue weighted by atomic mass is 10.1. The number of methoxy groups -OCH3 is 1. The maximum absolute atomic E-state index is 12.1. The van der Waals surface area contributed by atoms with Gasteiger partial charge < -0.3 is 9.64 Å². The molecule has 1 aliphatic heterocycles. The summed E-state index contributed by atoms with van der Waals surface area (Å²) in [5.41, 5.74) is 0. The van der Waals surface area contributed by atoms with E-state index < -0.39 is 10.0 Å². The first-order valence-electron chi connectivity index (χ1n) is 6.33. The SMILES string of the molecule is COCC(=O)N1CCC(NS(=O)(=O)c2cnc(Cl)s2)CC1. The van der Waals surface area contributed by atoms with E-state index in [1.54, 1.807) is 4.90 Å². The maximum atomic E-state index is 12.1. The van der Waals surface area contributed by atoms with Crippen LogP contribution in [-0.2, 0) is 19.6 Å². The predicted molar refractivity (Wildman–Crippen MR) is 78.9 cm³/mol. The van der Waals surface area contributed by atoms with E-state index in [0.29, 0.717) is 25.9 Å². The Balaban J connectivity index is 1.90. The summed E-state index contributed by atoms with van der Waals surface area (Å²) in [7, 11) is -2.12. The molecular weight excluding hydrogens is 338 g/mol. The minimum absolute atomic E-state index is 0.0513. The van der Waals surface area contributed by atoms with Gasteiger partial charge in [0.1, 0.15) is 6.61 Å². The fraction of sp³-hybridized carbons (Fsp3) is 0.636. The largest absolute Gasteiger partial charge is 0.375 e. The van der Waals surface area contributed by atoms with E-state index in [0.717, 1.165) is 11.3 Å². The van der Waals surface area contributed by atoms with Gasteiger partial charge in [-0.3, -0.25) is 4.79 Å². The number of piperidine rings is 1. The van der Waals surface area contributed by atoms with Crippen LogP contribution in [0.5, 0.6) is 0 Å². The van der Waals surface area contributed by atoms with Gasteiger partial charge in [0.25, 0.3) is 10.0 Å². The molecule has 0 bridgehead atoms. The maximum Gasteiger partial charge on any atom is 0.251 e. The van der Waals surface area contributed by atoms with Crippen molar-refractivity contribution in [2.24, 2.45) is 0 Å². The number of halogens is 1. The minimum atomic E-state index is -3.59. The second-order valence-electron chi connectivity index (χ2n) is 4.64. The van der Waals surface area contributed by atoms with Gasteiger partial charge in [0, 0.05) is 26.2 Å². The van der Waals surface area contributed by atoms with Crippen LogP contribution < -0.4 is 4.72 Å². The Kier molecular flexibility index (Phi) is 5.55. The summed E-state index contributed by atoms with van der Waals surface area (Å²) in [5.74, 6) is -0.0759. The fourth-order valence-electron chi connectivity index (χ4n) is 2.10. The Bertz CT molecular complexity index is 596. The number of rotatable bonds is 5. The van der Waals surface area contributed by atoms with Crippen LogP contribution >= 0.6 is 22.9 Å². The van der Waals surface area contributed by atoms with Gasteiger partial charge in [-0.15, -0.1) is 0 Å². The second-order valence-corrected chi connectivity index (χ2v) is 8.20. The van der Waals surface area contributed by atoms with Crippen molar-refractivity contribution in [3.05, 3.63) is 10.7 Å². The summed E-state index contributed by atoms with van der Waals surface area (Å²) in [6, 6.07) is -0.192. The summed E-state index contributed by atoms with van der Waals surface area (Å²) in [4.78, 5) is 17.1. The predicted octanol–water partition coefficient (Wildman–Crippen LogP) is 0.712. The molecule has 7 nitrogen and oxygen atoms in total. The van der Waals surface area contributed by atoms with Crippen LogP contribution in [0.25, 0.3) is 0 Å². The molecule has 1 aromatic heterocycles. The van der Waals surface area contributed by atoms with E-state index >= 15 is 0 Å². The number of nitrogens with one attached hydrogen (secondary N) is 1. The molecule has 0 radical (unpaired) electrons. The zero-order chi connectivity index (χ0) is 15.5. The third-order valence-corrected chi connectivity index (χ3v) is 6.25. The summed E-state index contributed by atoms with van der Waals surface area (Å²) >= 11 is 6.57. The number of aromatic nitrogens is 1. The molecule has 0 atom stereocenters. The Morgan fingerprint density at radius 3 is 2.76 bits per heavy atom. The van der Waals surface area contributed by atoms with Gasteiger partial charge in [-0.05, 0) is 12.8 Å². The molecule has 0 aromatic carbocycles. The third kappa shape index (κ3) is 4.36. The molecule has 0 unspecified atom stereocenters. The van der Waals surface area contributed by atoms with Crippen molar-refractivity contribution in [3.63, 3.8) is 0 Å². The van der Waals surface area contributed by atoms with Gasteiger partial charge in [0.05, 0.1) is 6.20 Å². The first-order chi connectivity index (χ1) is 9.92. The number of likely N-dealkylation sites (tertiary alicyclic amines) is 1. The third-order valence-electron chi connectivity index (χ3n) is 3.16. The number of ether oxygens (including phenoxy) is 1. The second kappa shape index (κ2) is 7.01. The molecule has 0 spiro atoms. The van der Waals surface area contributed by atoms with Crippen molar-refractivity contribution in [2.75, 3.05) is 26.8 Å². The smallest absolute Gasteiger partial charge is 0.251 e.